The van der Waals surface area contributed by atoms with Crippen molar-refractivity contribution in [1.29, 1.82) is 0 Å². The first kappa shape index (κ1) is 19.9. The van der Waals surface area contributed by atoms with E-state index in [1.807, 2.05) is 6.92 Å². The summed E-state index contributed by atoms with van der Waals surface area (Å²) < 4.78 is 5.47. The number of rotatable bonds is 8. The van der Waals surface area contributed by atoms with Gasteiger partial charge in [-0.2, -0.15) is 0 Å². The lowest BCUT2D eigenvalue weighted by Crippen LogP contribution is -2.63. The Morgan fingerprint density at radius 3 is 2.88 bits per heavy atom. The van der Waals surface area contributed by atoms with Crippen molar-refractivity contribution in [1.82, 2.24) is 10.2 Å². The van der Waals surface area contributed by atoms with E-state index >= 15 is 0 Å². The summed E-state index contributed by atoms with van der Waals surface area (Å²) in [6, 6.07) is -0.0292. The predicted molar refractivity (Wildman–Crippen MR) is 99.0 cm³/mol. The van der Waals surface area contributed by atoms with Crippen molar-refractivity contribution in [2.75, 3.05) is 25.6 Å². The number of thioether (sulfide) groups is 1. The molecule has 26 heavy (non-hydrogen) atoms. The Morgan fingerprint density at radius 1 is 1.54 bits per heavy atom. The molecule has 9 heteroatoms. The third-order valence-corrected chi connectivity index (χ3v) is 6.99. The molecule has 6 atom stereocenters. The van der Waals surface area contributed by atoms with Crippen molar-refractivity contribution in [3.05, 3.63) is 10.6 Å². The summed E-state index contributed by atoms with van der Waals surface area (Å²) in [6.07, 6.45) is 0.0938. The molecule has 0 aliphatic carbocycles. The summed E-state index contributed by atoms with van der Waals surface area (Å²) in [5.74, 6) is -1.51. The number of carbonyl (C=O) groups excluding carboxylic acids is 1. The molecule has 0 aromatic heterocycles. The molecule has 0 unspecified atom stereocenters. The van der Waals surface area contributed by atoms with Crippen LogP contribution in [0.3, 0.4) is 0 Å². The minimum absolute atomic E-state index is 0.0880. The standard InChI is InChI=1S/C17H25ClN2O5S/c1-8-13-12(9(2)21)16(22)20(13)14(17(23)24)15(8)26-11-5-10(19-6-11)7-25-4-3-18/h8-13,19,21H,3-7H2,1-2H3,(H,23,24)/t8-,9-,10+,11+,12-,13-/m1/s1. The number of nitrogens with zero attached hydrogens (tertiary/aromatic N) is 1. The molecule has 0 bridgehead atoms. The van der Waals surface area contributed by atoms with Gasteiger partial charge in [0, 0.05) is 34.5 Å². The van der Waals surface area contributed by atoms with E-state index in [4.69, 9.17) is 16.3 Å². The maximum absolute atomic E-state index is 12.3. The van der Waals surface area contributed by atoms with Crippen LogP contribution in [0.4, 0.5) is 0 Å². The van der Waals surface area contributed by atoms with Gasteiger partial charge in [0.1, 0.15) is 5.70 Å². The van der Waals surface area contributed by atoms with Crippen molar-refractivity contribution in [3.8, 4) is 0 Å². The summed E-state index contributed by atoms with van der Waals surface area (Å²) in [7, 11) is 0. The Labute approximate surface area is 162 Å². The number of β-lactam (4-membered cyclic amide) rings is 1. The van der Waals surface area contributed by atoms with Crippen LogP contribution < -0.4 is 5.32 Å². The number of amides is 1. The lowest BCUT2D eigenvalue weighted by atomic mass is 9.79. The van der Waals surface area contributed by atoms with E-state index in [-0.39, 0.29) is 34.9 Å². The Kier molecular flexibility index (Phi) is 6.18. The number of hydrogen-bond donors (Lipinski definition) is 3. The van der Waals surface area contributed by atoms with Crippen LogP contribution in [-0.2, 0) is 14.3 Å². The number of carboxylic acid groups (broad SMARTS) is 1. The molecule has 3 aliphatic rings. The number of aliphatic hydroxyl groups excluding tert-OH is 1. The molecule has 3 N–H and O–H groups in total. The Balaban J connectivity index is 1.69. The molecule has 1 amide bonds. The first-order valence-corrected chi connectivity index (χ1v) is 10.3. The number of carboxylic acids is 1. The third-order valence-electron chi connectivity index (χ3n) is 5.33. The molecular weight excluding hydrogens is 380 g/mol. The van der Waals surface area contributed by atoms with E-state index in [0.29, 0.717) is 19.1 Å². The molecule has 0 saturated carbocycles. The minimum atomic E-state index is -1.08. The van der Waals surface area contributed by atoms with Gasteiger partial charge in [0.05, 0.1) is 31.3 Å². The highest BCUT2D eigenvalue weighted by Crippen LogP contribution is 2.51. The van der Waals surface area contributed by atoms with Gasteiger partial charge < -0.3 is 25.2 Å². The van der Waals surface area contributed by atoms with E-state index in [1.165, 1.54) is 4.90 Å². The van der Waals surface area contributed by atoms with E-state index in [2.05, 4.69) is 5.32 Å². The molecule has 2 fully saturated rings. The van der Waals surface area contributed by atoms with Crippen molar-refractivity contribution in [2.45, 2.75) is 43.7 Å². The first-order valence-electron chi connectivity index (χ1n) is 8.89. The molecule has 146 valence electrons. The van der Waals surface area contributed by atoms with Crippen molar-refractivity contribution in [2.24, 2.45) is 11.8 Å². The third kappa shape index (κ3) is 3.49. The van der Waals surface area contributed by atoms with Gasteiger partial charge in [0.2, 0.25) is 5.91 Å². The van der Waals surface area contributed by atoms with Crippen molar-refractivity contribution >= 4 is 35.2 Å². The highest BCUT2D eigenvalue weighted by molar-refractivity contribution is 8.03. The highest BCUT2D eigenvalue weighted by Gasteiger charge is 2.60. The van der Waals surface area contributed by atoms with Crippen LogP contribution in [0.2, 0.25) is 0 Å². The minimum Gasteiger partial charge on any atom is -0.477 e. The van der Waals surface area contributed by atoms with E-state index < -0.39 is 18.0 Å². The van der Waals surface area contributed by atoms with Crippen molar-refractivity contribution in [3.63, 3.8) is 0 Å². The number of aliphatic carboxylic acids is 1. The van der Waals surface area contributed by atoms with Crippen LogP contribution >= 0.6 is 23.4 Å². The molecule has 0 spiro atoms. The van der Waals surface area contributed by atoms with Gasteiger partial charge >= 0.3 is 5.97 Å². The largest absolute Gasteiger partial charge is 0.477 e. The highest BCUT2D eigenvalue weighted by atomic mass is 35.5. The monoisotopic (exact) mass is 404 g/mol. The Morgan fingerprint density at radius 2 is 2.27 bits per heavy atom. The zero-order valence-corrected chi connectivity index (χ0v) is 16.4. The number of ether oxygens (including phenoxy) is 1. The van der Waals surface area contributed by atoms with E-state index in [1.54, 1.807) is 18.7 Å². The fourth-order valence-corrected chi connectivity index (χ4v) is 5.76. The van der Waals surface area contributed by atoms with Gasteiger partial charge in [0.15, 0.2) is 0 Å². The maximum atomic E-state index is 12.3. The van der Waals surface area contributed by atoms with Crippen LogP contribution in [0, 0.1) is 11.8 Å². The fraction of sp³-hybridized carbons (Fsp3) is 0.765. The first-order chi connectivity index (χ1) is 12.4. The molecule has 2 saturated heterocycles. The normalized spacial score (nSPS) is 34.8. The zero-order chi connectivity index (χ0) is 19.0. The summed E-state index contributed by atoms with van der Waals surface area (Å²) in [4.78, 5) is 26.3. The van der Waals surface area contributed by atoms with Gasteiger partial charge in [-0.25, -0.2) is 4.79 Å². The van der Waals surface area contributed by atoms with Gasteiger partial charge in [0.25, 0.3) is 0 Å². The lowest BCUT2D eigenvalue weighted by molar-refractivity contribution is -0.163. The number of nitrogens with one attached hydrogen (secondary N) is 1. The number of halogens is 1. The quantitative estimate of drug-likeness (QED) is 0.313. The predicted octanol–water partition coefficient (Wildman–Crippen LogP) is 0.859. The maximum Gasteiger partial charge on any atom is 0.353 e. The van der Waals surface area contributed by atoms with Crippen molar-refractivity contribution < 1.29 is 24.5 Å². The second-order valence-corrected chi connectivity index (χ2v) is 8.84. The second kappa shape index (κ2) is 8.06. The molecule has 3 rings (SSSR count). The second-order valence-electron chi connectivity index (χ2n) is 7.12. The number of carbonyl (C=O) groups is 2. The fourth-order valence-electron chi connectivity index (χ4n) is 4.14. The summed E-state index contributed by atoms with van der Waals surface area (Å²) in [5, 5.41) is 23.2. The lowest BCUT2D eigenvalue weighted by Gasteiger charge is -2.46. The van der Waals surface area contributed by atoms with E-state index in [9.17, 15) is 19.8 Å². The molecule has 0 aromatic rings. The number of hydrogen-bond acceptors (Lipinski definition) is 6. The summed E-state index contributed by atoms with van der Waals surface area (Å²) >= 11 is 7.15. The van der Waals surface area contributed by atoms with Crippen LogP contribution in [0.25, 0.3) is 0 Å². The van der Waals surface area contributed by atoms with Gasteiger partial charge in [-0.05, 0) is 13.3 Å². The Hall–Kier alpha value is -0.800. The molecule has 0 aromatic carbocycles. The zero-order valence-electron chi connectivity index (χ0n) is 14.9. The number of aliphatic hydroxyl groups is 1. The van der Waals surface area contributed by atoms with E-state index in [0.717, 1.165) is 17.9 Å². The van der Waals surface area contributed by atoms with Gasteiger partial charge in [-0.1, -0.05) is 6.92 Å². The molecule has 0 radical (unpaired) electrons. The number of alkyl halides is 1. The summed E-state index contributed by atoms with van der Waals surface area (Å²) in [6.45, 7) is 5.40. The topological polar surface area (TPSA) is 99.1 Å². The Bertz CT molecular complexity index is 614. The SMILES string of the molecule is C[C@@H](O)[C@H]1C(=O)N2C(C(=O)O)=C(S[C@@H]3CN[C@H](COCCCl)C3)[C@H](C)[C@H]12. The number of fused-ring (bicyclic) bond motifs is 1. The molecule has 3 heterocycles. The smallest absolute Gasteiger partial charge is 0.353 e. The van der Waals surface area contributed by atoms with Crippen LogP contribution in [0.15, 0.2) is 10.6 Å². The van der Waals surface area contributed by atoms with Crippen LogP contribution in [0.1, 0.15) is 20.3 Å². The van der Waals surface area contributed by atoms with Gasteiger partial charge in [-0.3, -0.25) is 4.79 Å². The molecule has 7 nitrogen and oxygen atoms in total. The molecular formula is C17H25ClN2O5S. The molecule has 3 aliphatic heterocycles. The van der Waals surface area contributed by atoms with Crippen LogP contribution in [0.5, 0.6) is 0 Å². The van der Waals surface area contributed by atoms with Gasteiger partial charge in [-0.15, -0.1) is 23.4 Å². The average molecular weight is 405 g/mol. The summed E-state index contributed by atoms with van der Waals surface area (Å²) in [5.41, 5.74) is 0.0937. The van der Waals surface area contributed by atoms with Crippen LogP contribution in [-0.4, -0.2) is 76.1 Å². The average Bonchev–Trinajstić information content (AvgIpc) is 3.10.